The van der Waals surface area contributed by atoms with Gasteiger partial charge in [-0.05, 0) is 35.4 Å². The molecule has 0 fully saturated rings. The molecule has 0 atom stereocenters. The van der Waals surface area contributed by atoms with Crippen LogP contribution in [0.15, 0.2) is 53.3 Å². The average molecular weight is 421 g/mol. The second-order valence-electron chi connectivity index (χ2n) is 7.92. The molecule has 0 aliphatic heterocycles. The summed E-state index contributed by atoms with van der Waals surface area (Å²) < 4.78 is 15.9. The predicted octanol–water partition coefficient (Wildman–Crippen LogP) is 3.19. The number of aromatic nitrogens is 1. The fourth-order valence-corrected chi connectivity index (χ4v) is 3.85. The lowest BCUT2D eigenvalue weighted by Gasteiger charge is -2.13. The molecular formula is C24H21FN2O2S. The van der Waals surface area contributed by atoms with Crippen LogP contribution in [0, 0.1) is 22.6 Å². The summed E-state index contributed by atoms with van der Waals surface area (Å²) in [7, 11) is 0. The normalized spacial score (nSPS) is 12.8. The SMILES string of the molecule is CC(C)(C)C(=O)/C=c1/s/c(=C\c2cccc(F)c2)c(=O)n1Cc1ccccc1C#N. The first kappa shape index (κ1) is 21.4. The minimum Gasteiger partial charge on any atom is -0.294 e. The molecule has 0 radical (unpaired) electrons. The lowest BCUT2D eigenvalue weighted by molar-refractivity contribution is -0.120. The molecule has 152 valence electrons. The van der Waals surface area contributed by atoms with Crippen molar-refractivity contribution < 1.29 is 9.18 Å². The molecule has 0 unspecified atom stereocenters. The number of carbonyl (C=O) groups excluding carboxylic acids is 1. The molecular weight excluding hydrogens is 399 g/mol. The van der Waals surface area contributed by atoms with Crippen LogP contribution in [0.3, 0.4) is 0 Å². The maximum atomic E-state index is 13.5. The van der Waals surface area contributed by atoms with Crippen LogP contribution >= 0.6 is 11.3 Å². The van der Waals surface area contributed by atoms with Gasteiger partial charge in [0, 0.05) is 11.5 Å². The second-order valence-corrected chi connectivity index (χ2v) is 8.98. The van der Waals surface area contributed by atoms with Gasteiger partial charge in [-0.25, -0.2) is 4.39 Å². The van der Waals surface area contributed by atoms with Gasteiger partial charge in [0.05, 0.1) is 22.7 Å². The maximum Gasteiger partial charge on any atom is 0.269 e. The van der Waals surface area contributed by atoms with Crippen molar-refractivity contribution in [2.75, 3.05) is 0 Å². The Morgan fingerprint density at radius 1 is 1.20 bits per heavy atom. The van der Waals surface area contributed by atoms with Crippen molar-refractivity contribution in [2.24, 2.45) is 5.41 Å². The minimum absolute atomic E-state index is 0.108. The zero-order chi connectivity index (χ0) is 21.9. The quantitative estimate of drug-likeness (QED) is 0.651. The second kappa shape index (κ2) is 8.60. The molecule has 1 heterocycles. The van der Waals surface area contributed by atoms with Gasteiger partial charge in [-0.1, -0.05) is 51.1 Å². The first-order chi connectivity index (χ1) is 14.2. The molecule has 0 aliphatic rings. The van der Waals surface area contributed by atoms with Crippen molar-refractivity contribution in [3.63, 3.8) is 0 Å². The molecule has 0 bridgehead atoms. The molecule has 3 rings (SSSR count). The van der Waals surface area contributed by atoms with Crippen LogP contribution in [0.4, 0.5) is 4.39 Å². The van der Waals surface area contributed by atoms with E-state index in [-0.39, 0.29) is 17.9 Å². The van der Waals surface area contributed by atoms with Crippen LogP contribution < -0.4 is 14.8 Å². The summed E-state index contributed by atoms with van der Waals surface area (Å²) in [4.78, 5) is 25.8. The zero-order valence-electron chi connectivity index (χ0n) is 17.0. The van der Waals surface area contributed by atoms with Crippen molar-refractivity contribution in [2.45, 2.75) is 27.3 Å². The van der Waals surface area contributed by atoms with Crippen LogP contribution in [0.5, 0.6) is 0 Å². The lowest BCUT2D eigenvalue weighted by Crippen LogP contribution is -2.33. The number of Topliss-reactive ketones (excluding diaryl/α,β-unsaturated/α-hetero) is 1. The van der Waals surface area contributed by atoms with Crippen LogP contribution in [-0.2, 0) is 11.3 Å². The zero-order valence-corrected chi connectivity index (χ0v) is 17.8. The summed E-state index contributed by atoms with van der Waals surface area (Å²) in [6.45, 7) is 5.60. The minimum atomic E-state index is -0.595. The largest absolute Gasteiger partial charge is 0.294 e. The van der Waals surface area contributed by atoms with Crippen LogP contribution in [0.25, 0.3) is 12.2 Å². The van der Waals surface area contributed by atoms with E-state index < -0.39 is 11.2 Å². The molecule has 4 nitrogen and oxygen atoms in total. The monoisotopic (exact) mass is 420 g/mol. The number of halogens is 1. The summed E-state index contributed by atoms with van der Waals surface area (Å²) in [5, 5.41) is 9.37. The van der Waals surface area contributed by atoms with Crippen molar-refractivity contribution in [3.05, 3.63) is 90.6 Å². The highest BCUT2D eigenvalue weighted by molar-refractivity contribution is 7.07. The molecule has 3 aromatic rings. The molecule has 0 N–H and O–H groups in total. The van der Waals surface area contributed by atoms with E-state index in [4.69, 9.17) is 0 Å². The lowest BCUT2D eigenvalue weighted by atomic mass is 9.91. The van der Waals surface area contributed by atoms with E-state index >= 15 is 0 Å². The summed E-state index contributed by atoms with van der Waals surface area (Å²) >= 11 is 1.18. The molecule has 6 heteroatoms. The van der Waals surface area contributed by atoms with Crippen LogP contribution in [0.2, 0.25) is 0 Å². The maximum absolute atomic E-state index is 13.5. The molecule has 0 amide bonds. The Labute approximate surface area is 177 Å². The molecule has 0 spiro atoms. The van der Waals surface area contributed by atoms with E-state index in [1.807, 2.05) is 20.8 Å². The van der Waals surface area contributed by atoms with E-state index in [2.05, 4.69) is 6.07 Å². The Bertz CT molecular complexity index is 1320. The highest BCUT2D eigenvalue weighted by Crippen LogP contribution is 2.15. The number of rotatable bonds is 4. The summed E-state index contributed by atoms with van der Waals surface area (Å²) in [5.41, 5.74) is 0.841. The highest BCUT2D eigenvalue weighted by Gasteiger charge is 2.19. The number of ketones is 1. The van der Waals surface area contributed by atoms with Crippen molar-refractivity contribution in [1.29, 1.82) is 5.26 Å². The number of thiazole rings is 1. The van der Waals surface area contributed by atoms with Crippen molar-refractivity contribution in [3.8, 4) is 6.07 Å². The van der Waals surface area contributed by atoms with Gasteiger partial charge in [0.2, 0.25) is 0 Å². The van der Waals surface area contributed by atoms with Gasteiger partial charge in [0.25, 0.3) is 5.56 Å². The summed E-state index contributed by atoms with van der Waals surface area (Å²) in [6.07, 6.45) is 3.09. The van der Waals surface area contributed by atoms with E-state index in [1.54, 1.807) is 42.5 Å². The third-order valence-electron chi connectivity index (χ3n) is 4.54. The molecule has 0 saturated heterocycles. The Balaban J connectivity index is 2.23. The Hall–Kier alpha value is -3.30. The number of benzene rings is 2. The van der Waals surface area contributed by atoms with Gasteiger partial charge >= 0.3 is 0 Å². The first-order valence-electron chi connectivity index (χ1n) is 9.40. The van der Waals surface area contributed by atoms with Crippen LogP contribution in [-0.4, -0.2) is 10.4 Å². The van der Waals surface area contributed by atoms with E-state index in [0.717, 1.165) is 0 Å². The topological polar surface area (TPSA) is 62.9 Å². The Kier molecular flexibility index (Phi) is 6.14. The smallest absolute Gasteiger partial charge is 0.269 e. The number of hydrogen-bond donors (Lipinski definition) is 0. The van der Waals surface area contributed by atoms with Gasteiger partial charge in [-0.3, -0.25) is 14.2 Å². The standard InChI is InChI=1S/C24H21FN2O2S/c1-24(2,3)21(28)13-22-27(15-18-9-5-4-8-17(18)14-26)23(29)20(30-22)12-16-7-6-10-19(25)11-16/h4-13H,15H2,1-3H3/b20-12-,22-13+. The predicted molar refractivity (Wildman–Crippen MR) is 117 cm³/mol. The van der Waals surface area contributed by atoms with E-state index in [9.17, 15) is 19.2 Å². The molecule has 2 aromatic carbocycles. The van der Waals surface area contributed by atoms with E-state index in [0.29, 0.717) is 25.9 Å². The van der Waals surface area contributed by atoms with Gasteiger partial charge in [0.15, 0.2) is 5.78 Å². The van der Waals surface area contributed by atoms with Crippen molar-refractivity contribution >= 4 is 29.3 Å². The highest BCUT2D eigenvalue weighted by atomic mass is 32.1. The fourth-order valence-electron chi connectivity index (χ4n) is 2.81. The van der Waals surface area contributed by atoms with Crippen molar-refractivity contribution in [1.82, 2.24) is 4.57 Å². The first-order valence-corrected chi connectivity index (χ1v) is 10.2. The third kappa shape index (κ3) is 4.81. The molecule has 0 aliphatic carbocycles. The summed E-state index contributed by atoms with van der Waals surface area (Å²) in [5.74, 6) is -0.498. The van der Waals surface area contributed by atoms with Crippen LogP contribution in [0.1, 0.15) is 37.5 Å². The number of nitrogens with zero attached hydrogens (tertiary/aromatic N) is 2. The fraction of sp³-hybridized carbons (Fsp3) is 0.208. The third-order valence-corrected chi connectivity index (χ3v) is 5.60. The number of carbonyl (C=O) groups is 1. The Morgan fingerprint density at radius 3 is 2.60 bits per heavy atom. The van der Waals surface area contributed by atoms with Gasteiger partial charge in [0.1, 0.15) is 10.5 Å². The van der Waals surface area contributed by atoms with Gasteiger partial charge in [-0.2, -0.15) is 5.26 Å². The molecule has 1 aromatic heterocycles. The van der Waals surface area contributed by atoms with E-state index in [1.165, 1.54) is 34.1 Å². The molecule has 0 saturated carbocycles. The summed E-state index contributed by atoms with van der Waals surface area (Å²) in [6, 6.07) is 15.1. The van der Waals surface area contributed by atoms with Gasteiger partial charge in [-0.15, -0.1) is 11.3 Å². The Morgan fingerprint density at radius 2 is 1.93 bits per heavy atom. The average Bonchev–Trinajstić information content (AvgIpc) is 2.96. The molecule has 30 heavy (non-hydrogen) atoms. The number of nitriles is 1. The number of hydrogen-bond acceptors (Lipinski definition) is 4. The van der Waals surface area contributed by atoms with Gasteiger partial charge < -0.3 is 0 Å².